The quantitative estimate of drug-likeness (QED) is 0.255. The lowest BCUT2D eigenvalue weighted by Gasteiger charge is -2.32. The molecule has 1 amide bonds. The number of nitrogens with one attached hydrogen (secondary N) is 1. The minimum Gasteiger partial charge on any atom is -0.504 e. The van der Waals surface area contributed by atoms with Gasteiger partial charge in [0.05, 0.1) is 23.2 Å². The Morgan fingerprint density at radius 3 is 2.62 bits per heavy atom. The normalized spacial score (nSPS) is 14.7. The minimum atomic E-state index is -1.09. The molecule has 12 heteroatoms. The number of hydrogen-bond donors (Lipinski definition) is 3. The van der Waals surface area contributed by atoms with E-state index in [0.717, 1.165) is 49.9 Å². The number of amides is 1. The van der Waals surface area contributed by atoms with Crippen LogP contribution in [0.2, 0.25) is 0 Å². The van der Waals surface area contributed by atoms with Crippen molar-refractivity contribution in [1.29, 1.82) is 0 Å². The number of halogens is 1. The molecule has 0 radical (unpaired) electrons. The largest absolute Gasteiger partial charge is 0.504 e. The molecule has 3 N–H and O–H groups in total. The molecule has 2 aromatic heterocycles. The molecule has 0 unspecified atom stereocenters. The Bertz CT molecular complexity index is 1620. The van der Waals surface area contributed by atoms with Crippen LogP contribution in [0.1, 0.15) is 40.1 Å². The van der Waals surface area contributed by atoms with Crippen LogP contribution in [0.3, 0.4) is 0 Å². The van der Waals surface area contributed by atoms with Gasteiger partial charge in [0.2, 0.25) is 11.8 Å². The van der Waals surface area contributed by atoms with Crippen molar-refractivity contribution in [3.8, 4) is 17.4 Å². The van der Waals surface area contributed by atoms with Crippen LogP contribution >= 0.6 is 0 Å². The van der Waals surface area contributed by atoms with Gasteiger partial charge in [-0.05, 0) is 56.8 Å². The van der Waals surface area contributed by atoms with E-state index < -0.39 is 23.1 Å². The zero-order valence-electron chi connectivity index (χ0n) is 23.7. The van der Waals surface area contributed by atoms with Crippen molar-refractivity contribution in [2.45, 2.75) is 32.5 Å². The first-order valence-electron chi connectivity index (χ1n) is 13.5. The Morgan fingerprint density at radius 1 is 1.14 bits per heavy atom. The number of nitrogens with zero attached hydrogens (tertiary/aromatic N) is 5. The lowest BCUT2D eigenvalue weighted by atomic mass is 10.1. The Kier molecular flexibility index (Phi) is 8.21. The number of fused-ring (bicyclic) bond motifs is 1. The number of aldehydes is 1. The van der Waals surface area contributed by atoms with Gasteiger partial charge >= 0.3 is 0 Å². The lowest BCUT2D eigenvalue weighted by molar-refractivity contribution is 0.0630. The van der Waals surface area contributed by atoms with E-state index in [1.165, 1.54) is 24.4 Å². The van der Waals surface area contributed by atoms with E-state index in [-0.39, 0.29) is 41.5 Å². The molecule has 4 aromatic rings. The first kappa shape index (κ1) is 29.1. The SMILES string of the molecule is CN1CCN(Cc2ccc3nc(NC(=O)c4ccnc(Oc5ccc(F)c(O)c5C=O)c4)n(CC(C)(C)O)c3c2)CC1. The summed E-state index contributed by atoms with van der Waals surface area (Å²) in [7, 11) is 2.12. The molecule has 0 aliphatic carbocycles. The van der Waals surface area contributed by atoms with E-state index in [4.69, 9.17) is 4.74 Å². The molecular weight excluding hydrogens is 543 g/mol. The molecule has 1 fully saturated rings. The van der Waals surface area contributed by atoms with E-state index >= 15 is 0 Å². The number of pyridine rings is 1. The summed E-state index contributed by atoms with van der Waals surface area (Å²) in [6.45, 7) is 8.34. The molecule has 5 rings (SSSR count). The smallest absolute Gasteiger partial charge is 0.258 e. The number of imidazole rings is 1. The van der Waals surface area contributed by atoms with Crippen molar-refractivity contribution in [2.75, 3.05) is 38.5 Å². The van der Waals surface area contributed by atoms with E-state index in [9.17, 15) is 24.2 Å². The van der Waals surface area contributed by atoms with Gasteiger partial charge in [0.15, 0.2) is 17.9 Å². The third kappa shape index (κ3) is 6.56. The number of aromatic hydroxyl groups is 1. The third-order valence-corrected chi connectivity index (χ3v) is 7.04. The number of phenols is 1. The number of anilines is 1. The lowest BCUT2D eigenvalue weighted by Crippen LogP contribution is -2.43. The number of ether oxygens (including phenoxy) is 1. The summed E-state index contributed by atoms with van der Waals surface area (Å²) in [5, 5.41) is 23.3. The first-order chi connectivity index (χ1) is 20.0. The number of hydrogen-bond acceptors (Lipinski definition) is 9. The summed E-state index contributed by atoms with van der Waals surface area (Å²) in [5.74, 6) is -2.21. The summed E-state index contributed by atoms with van der Waals surface area (Å²) in [5.41, 5.74) is 1.29. The number of carbonyl (C=O) groups is 2. The molecular formula is C30H33FN6O5. The van der Waals surface area contributed by atoms with Crippen LogP contribution in [0.4, 0.5) is 10.3 Å². The van der Waals surface area contributed by atoms with Crippen LogP contribution < -0.4 is 10.1 Å². The number of aromatic nitrogens is 3. The third-order valence-electron chi connectivity index (χ3n) is 7.04. The topological polar surface area (TPSA) is 133 Å². The van der Waals surface area contributed by atoms with E-state index in [1.54, 1.807) is 18.4 Å². The van der Waals surface area contributed by atoms with Gasteiger partial charge in [-0.3, -0.25) is 19.8 Å². The highest BCUT2D eigenvalue weighted by atomic mass is 19.1. The molecule has 3 heterocycles. The number of piperazine rings is 1. The highest BCUT2D eigenvalue weighted by Gasteiger charge is 2.22. The maximum Gasteiger partial charge on any atom is 0.258 e. The summed E-state index contributed by atoms with van der Waals surface area (Å²) >= 11 is 0. The van der Waals surface area contributed by atoms with E-state index in [1.807, 2.05) is 18.2 Å². The number of rotatable bonds is 9. The number of aliphatic hydroxyl groups is 1. The Labute approximate surface area is 242 Å². The molecule has 1 aliphatic heterocycles. The zero-order valence-corrected chi connectivity index (χ0v) is 23.7. The Hall–Kier alpha value is -4.39. The van der Waals surface area contributed by atoms with E-state index in [0.29, 0.717) is 5.52 Å². The van der Waals surface area contributed by atoms with Crippen molar-refractivity contribution in [2.24, 2.45) is 0 Å². The van der Waals surface area contributed by atoms with Crippen molar-refractivity contribution >= 4 is 29.2 Å². The Balaban J connectivity index is 1.40. The maximum atomic E-state index is 13.7. The highest BCUT2D eigenvalue weighted by molar-refractivity contribution is 6.04. The predicted molar refractivity (Wildman–Crippen MR) is 155 cm³/mol. The average molecular weight is 577 g/mol. The second-order valence-electron chi connectivity index (χ2n) is 11.1. The summed E-state index contributed by atoms with van der Waals surface area (Å²) in [4.78, 5) is 38.1. The van der Waals surface area contributed by atoms with Gasteiger partial charge in [0, 0.05) is 50.6 Å². The van der Waals surface area contributed by atoms with Crippen molar-refractivity contribution in [3.63, 3.8) is 0 Å². The van der Waals surface area contributed by atoms with E-state index in [2.05, 4.69) is 32.1 Å². The average Bonchev–Trinajstić information content (AvgIpc) is 3.27. The molecule has 42 heavy (non-hydrogen) atoms. The second-order valence-corrected chi connectivity index (χ2v) is 11.1. The van der Waals surface area contributed by atoms with Gasteiger partial charge in [-0.2, -0.15) is 0 Å². The fraction of sp³-hybridized carbons (Fsp3) is 0.333. The maximum absolute atomic E-state index is 13.7. The molecule has 0 spiro atoms. The minimum absolute atomic E-state index is 0.0460. The van der Waals surface area contributed by atoms with Crippen LogP contribution in [0.15, 0.2) is 48.7 Å². The van der Waals surface area contributed by atoms with Crippen LogP contribution in [-0.4, -0.2) is 85.6 Å². The number of carbonyl (C=O) groups excluding carboxylic acids is 2. The molecule has 0 bridgehead atoms. The molecule has 0 atom stereocenters. The van der Waals surface area contributed by atoms with Crippen molar-refractivity contribution in [3.05, 3.63) is 71.2 Å². The first-order valence-corrected chi connectivity index (χ1v) is 13.5. The number of benzene rings is 2. The summed E-state index contributed by atoms with van der Waals surface area (Å²) < 4.78 is 21.0. The molecule has 1 aliphatic rings. The van der Waals surface area contributed by atoms with Gasteiger partial charge < -0.3 is 24.4 Å². The molecule has 11 nitrogen and oxygen atoms in total. The summed E-state index contributed by atoms with van der Waals surface area (Å²) in [6.07, 6.45) is 1.62. The molecule has 220 valence electrons. The molecule has 1 saturated heterocycles. The highest BCUT2D eigenvalue weighted by Crippen LogP contribution is 2.32. The standard InChI is InChI=1S/C30H33FN6O5/c1-30(2,41)18-37-24-14-19(16-36-12-10-35(3)11-13-36)4-6-23(24)33-29(37)34-28(40)20-8-9-32-26(15-20)42-25-7-5-22(31)27(39)21(25)17-38/h4-9,14-15,17,39,41H,10-13,16,18H2,1-3H3,(H,33,34,40). The zero-order chi connectivity index (χ0) is 30.0. The monoisotopic (exact) mass is 576 g/mol. The van der Waals surface area contributed by atoms with Crippen LogP contribution in [0, 0.1) is 5.82 Å². The van der Waals surface area contributed by atoms with Gasteiger partial charge in [0.25, 0.3) is 5.91 Å². The number of phenolic OH excluding ortho intramolecular Hbond substituents is 1. The second kappa shape index (κ2) is 11.8. The Morgan fingerprint density at radius 2 is 1.90 bits per heavy atom. The molecule has 0 saturated carbocycles. The van der Waals surface area contributed by atoms with Gasteiger partial charge in [-0.25, -0.2) is 14.4 Å². The molecule has 2 aromatic carbocycles. The fourth-order valence-electron chi connectivity index (χ4n) is 4.83. The predicted octanol–water partition coefficient (Wildman–Crippen LogP) is 3.65. The van der Waals surface area contributed by atoms with Gasteiger partial charge in [-0.1, -0.05) is 6.07 Å². The summed E-state index contributed by atoms with van der Waals surface area (Å²) in [6, 6.07) is 11.0. The van der Waals surface area contributed by atoms with Crippen molar-refractivity contribution in [1.82, 2.24) is 24.3 Å². The van der Waals surface area contributed by atoms with Crippen LogP contribution in [0.25, 0.3) is 11.0 Å². The number of likely N-dealkylation sites (N-methyl/N-ethyl adjacent to an activating group) is 1. The van der Waals surface area contributed by atoms with Crippen LogP contribution in [0.5, 0.6) is 17.4 Å². The van der Waals surface area contributed by atoms with Crippen molar-refractivity contribution < 1.29 is 28.9 Å². The van der Waals surface area contributed by atoms with Gasteiger partial charge in [-0.15, -0.1) is 0 Å². The van der Waals surface area contributed by atoms with Crippen LogP contribution in [-0.2, 0) is 13.1 Å². The fourth-order valence-corrected chi connectivity index (χ4v) is 4.83. The van der Waals surface area contributed by atoms with Gasteiger partial charge in [0.1, 0.15) is 11.3 Å².